The van der Waals surface area contributed by atoms with Gasteiger partial charge in [0.2, 0.25) is 0 Å². The number of ether oxygens (including phenoxy) is 1. The summed E-state index contributed by atoms with van der Waals surface area (Å²) in [5.74, 6) is -0.166. The molecule has 1 N–H and O–H groups in total. The van der Waals surface area contributed by atoms with E-state index in [1.54, 1.807) is 35.5 Å². The molecule has 4 rings (SSSR count). The van der Waals surface area contributed by atoms with E-state index in [0.29, 0.717) is 5.56 Å². The Morgan fingerprint density at radius 1 is 1.33 bits per heavy atom. The Kier molecular flexibility index (Phi) is 3.91. The van der Waals surface area contributed by atoms with Crippen LogP contribution >= 0.6 is 11.3 Å². The van der Waals surface area contributed by atoms with Gasteiger partial charge in [-0.3, -0.25) is 9.48 Å². The summed E-state index contributed by atoms with van der Waals surface area (Å²) in [5.41, 5.74) is 2.24. The van der Waals surface area contributed by atoms with Crippen molar-refractivity contribution >= 4 is 38.3 Å². The second kappa shape index (κ2) is 6.21. The van der Waals surface area contributed by atoms with Crippen LogP contribution in [0.1, 0.15) is 10.4 Å². The predicted molar refractivity (Wildman–Crippen MR) is 93.8 cm³/mol. The van der Waals surface area contributed by atoms with Crippen LogP contribution in [0.4, 0.5) is 10.8 Å². The van der Waals surface area contributed by atoms with Crippen molar-refractivity contribution in [1.29, 1.82) is 0 Å². The number of carbonyl (C=O) groups is 1. The molecule has 0 radical (unpaired) electrons. The van der Waals surface area contributed by atoms with Crippen LogP contribution in [0.3, 0.4) is 0 Å². The number of anilines is 2. The van der Waals surface area contributed by atoms with Gasteiger partial charge in [0.05, 0.1) is 35.2 Å². The lowest BCUT2D eigenvalue weighted by molar-refractivity contribution is 0.102. The van der Waals surface area contributed by atoms with E-state index in [1.807, 2.05) is 18.2 Å². The fourth-order valence-corrected chi connectivity index (χ4v) is 3.68. The number of morpholine rings is 1. The van der Waals surface area contributed by atoms with E-state index in [2.05, 4.69) is 20.3 Å². The third-order valence-electron chi connectivity index (χ3n) is 3.88. The minimum atomic E-state index is -0.166. The Balaban J connectivity index is 1.55. The zero-order valence-electron chi connectivity index (χ0n) is 13.2. The molecule has 1 aliphatic heterocycles. The van der Waals surface area contributed by atoms with Crippen molar-refractivity contribution in [3.63, 3.8) is 0 Å². The van der Waals surface area contributed by atoms with Gasteiger partial charge in [0, 0.05) is 32.0 Å². The Morgan fingerprint density at radius 2 is 2.17 bits per heavy atom. The molecule has 8 heteroatoms. The molecule has 0 saturated carbocycles. The Labute approximate surface area is 142 Å². The third-order valence-corrected chi connectivity index (χ3v) is 4.96. The number of nitrogens with zero attached hydrogens (tertiary/aromatic N) is 4. The predicted octanol–water partition coefficient (Wildman–Crippen LogP) is 2.12. The topological polar surface area (TPSA) is 72.3 Å². The second-order valence-corrected chi connectivity index (χ2v) is 6.64. The minimum absolute atomic E-state index is 0.166. The first-order valence-corrected chi connectivity index (χ1v) is 8.54. The smallest absolute Gasteiger partial charge is 0.258 e. The van der Waals surface area contributed by atoms with Crippen LogP contribution in [-0.2, 0) is 11.8 Å². The molecule has 1 fully saturated rings. The molecule has 3 aromatic rings. The number of aromatic nitrogens is 3. The van der Waals surface area contributed by atoms with Gasteiger partial charge in [-0.1, -0.05) is 11.3 Å². The number of benzene rings is 1. The molecule has 1 saturated heterocycles. The minimum Gasteiger partial charge on any atom is -0.378 e. The Bertz CT molecular complexity index is 882. The van der Waals surface area contributed by atoms with Crippen molar-refractivity contribution in [2.45, 2.75) is 0 Å². The number of hydrogen-bond donors (Lipinski definition) is 1. The Morgan fingerprint density at radius 3 is 2.92 bits per heavy atom. The van der Waals surface area contributed by atoms with Crippen molar-refractivity contribution < 1.29 is 9.53 Å². The summed E-state index contributed by atoms with van der Waals surface area (Å²) in [7, 11) is 1.79. The van der Waals surface area contributed by atoms with Gasteiger partial charge in [-0.25, -0.2) is 4.98 Å². The van der Waals surface area contributed by atoms with Crippen molar-refractivity contribution in [1.82, 2.24) is 14.8 Å². The normalized spacial score (nSPS) is 15.0. The molecule has 0 atom stereocenters. The van der Waals surface area contributed by atoms with E-state index >= 15 is 0 Å². The lowest BCUT2D eigenvalue weighted by atomic mass is 10.2. The zero-order valence-corrected chi connectivity index (χ0v) is 14.0. The number of rotatable bonds is 3. The highest BCUT2D eigenvalue weighted by atomic mass is 32.1. The molecular weight excluding hydrogens is 326 g/mol. The van der Waals surface area contributed by atoms with Gasteiger partial charge < -0.3 is 15.0 Å². The summed E-state index contributed by atoms with van der Waals surface area (Å²) < 4.78 is 8.05. The molecule has 7 nitrogen and oxygen atoms in total. The van der Waals surface area contributed by atoms with Crippen LogP contribution in [0, 0.1) is 0 Å². The number of fused-ring (bicyclic) bond motifs is 1. The maximum Gasteiger partial charge on any atom is 0.258 e. The lowest BCUT2D eigenvalue weighted by Gasteiger charge is -2.25. The summed E-state index contributed by atoms with van der Waals surface area (Å²) >= 11 is 1.64. The number of carbonyl (C=O) groups excluding carboxylic acids is 1. The summed E-state index contributed by atoms with van der Waals surface area (Å²) in [4.78, 5) is 19.1. The molecule has 1 aromatic carbocycles. The van der Waals surface area contributed by atoms with Gasteiger partial charge in [-0.15, -0.1) is 0 Å². The van der Waals surface area contributed by atoms with Gasteiger partial charge in [0.1, 0.15) is 0 Å². The van der Waals surface area contributed by atoms with E-state index in [9.17, 15) is 4.79 Å². The highest BCUT2D eigenvalue weighted by Gasteiger charge is 2.16. The number of thiazole rings is 1. The van der Waals surface area contributed by atoms with Gasteiger partial charge in [-0.2, -0.15) is 5.10 Å². The van der Waals surface area contributed by atoms with Gasteiger partial charge in [-0.05, 0) is 18.2 Å². The Hall–Kier alpha value is -2.45. The van der Waals surface area contributed by atoms with E-state index < -0.39 is 0 Å². The van der Waals surface area contributed by atoms with Gasteiger partial charge >= 0.3 is 0 Å². The molecule has 124 valence electrons. The maximum atomic E-state index is 12.2. The van der Waals surface area contributed by atoms with Crippen molar-refractivity contribution in [3.05, 3.63) is 36.2 Å². The third kappa shape index (κ3) is 2.98. The van der Waals surface area contributed by atoms with Crippen molar-refractivity contribution in [3.8, 4) is 0 Å². The molecule has 0 spiro atoms. The summed E-state index contributed by atoms with van der Waals surface area (Å²) in [6.45, 7) is 3.21. The highest BCUT2D eigenvalue weighted by molar-refractivity contribution is 7.22. The summed E-state index contributed by atoms with van der Waals surface area (Å²) in [6.07, 6.45) is 3.24. The van der Waals surface area contributed by atoms with Crippen LogP contribution in [0.2, 0.25) is 0 Å². The average molecular weight is 343 g/mol. The first-order valence-electron chi connectivity index (χ1n) is 7.72. The SMILES string of the molecule is Cn1cc(C(=O)Nc2ccc3nc(N4CCOCC4)sc3c2)cn1. The number of aryl methyl sites for hydroxylation is 1. The molecule has 1 amide bonds. The van der Waals surface area contributed by atoms with Gasteiger partial charge in [0.15, 0.2) is 5.13 Å². The largest absolute Gasteiger partial charge is 0.378 e. The van der Waals surface area contributed by atoms with Crippen molar-refractivity contribution in [2.75, 3.05) is 36.5 Å². The summed E-state index contributed by atoms with van der Waals surface area (Å²) in [6, 6.07) is 5.78. The first-order chi connectivity index (χ1) is 11.7. The average Bonchev–Trinajstić information content (AvgIpc) is 3.21. The van der Waals surface area contributed by atoms with Crippen molar-refractivity contribution in [2.24, 2.45) is 7.05 Å². The monoisotopic (exact) mass is 343 g/mol. The van der Waals surface area contributed by atoms with Crippen LogP contribution in [-0.4, -0.2) is 47.0 Å². The van der Waals surface area contributed by atoms with E-state index in [4.69, 9.17) is 4.74 Å². The quantitative estimate of drug-likeness (QED) is 0.789. The molecule has 2 aromatic heterocycles. The zero-order chi connectivity index (χ0) is 16.5. The molecule has 0 unspecified atom stereocenters. The van der Waals surface area contributed by atoms with Crippen LogP contribution in [0.25, 0.3) is 10.2 Å². The highest BCUT2D eigenvalue weighted by Crippen LogP contribution is 2.31. The molecule has 24 heavy (non-hydrogen) atoms. The molecular formula is C16H17N5O2S. The van der Waals surface area contributed by atoms with E-state index in [-0.39, 0.29) is 5.91 Å². The fourth-order valence-electron chi connectivity index (χ4n) is 2.62. The van der Waals surface area contributed by atoms with Crippen LogP contribution in [0.5, 0.6) is 0 Å². The van der Waals surface area contributed by atoms with E-state index in [1.165, 1.54) is 0 Å². The first kappa shape index (κ1) is 15.1. The molecule has 0 aliphatic carbocycles. The number of amides is 1. The molecule has 1 aliphatic rings. The molecule has 3 heterocycles. The van der Waals surface area contributed by atoms with Crippen LogP contribution in [0.15, 0.2) is 30.6 Å². The number of nitrogens with one attached hydrogen (secondary N) is 1. The van der Waals surface area contributed by atoms with E-state index in [0.717, 1.165) is 47.3 Å². The fraction of sp³-hybridized carbons (Fsp3) is 0.312. The standard InChI is InChI=1S/C16H17N5O2S/c1-20-10-11(9-17-20)15(22)18-12-2-3-13-14(8-12)24-16(19-13)21-4-6-23-7-5-21/h2-3,8-10H,4-7H2,1H3,(H,18,22). The van der Waals surface area contributed by atoms with Gasteiger partial charge in [0.25, 0.3) is 5.91 Å². The second-order valence-electron chi connectivity index (χ2n) is 5.64. The lowest BCUT2D eigenvalue weighted by Crippen LogP contribution is -2.36. The number of hydrogen-bond acceptors (Lipinski definition) is 6. The van der Waals surface area contributed by atoms with Crippen LogP contribution < -0.4 is 10.2 Å². The maximum absolute atomic E-state index is 12.2. The summed E-state index contributed by atoms with van der Waals surface area (Å²) in [5, 5.41) is 7.93. The molecule has 0 bridgehead atoms.